The number of hydrogen-bond acceptors (Lipinski definition) is 2. The second-order valence-corrected chi connectivity index (χ2v) is 8.31. The average Bonchev–Trinajstić information content (AvgIpc) is 2.81. The summed E-state index contributed by atoms with van der Waals surface area (Å²) in [5.41, 5.74) is 3.83. The standard InChI is InChI=1S/C26H25ClN2O2/c27-23-12-6-19(7-13-23)18-25(30)29-16-14-24(15-17-29)28-26(31)22-10-8-21(9-11-22)20-4-2-1-3-5-20/h1-13,24H,14-18H2,(H,28,31). The van der Waals surface area contributed by atoms with E-state index in [-0.39, 0.29) is 17.9 Å². The Hall–Kier alpha value is -3.11. The number of amides is 2. The Morgan fingerprint density at radius 2 is 1.45 bits per heavy atom. The van der Waals surface area contributed by atoms with Gasteiger partial charge in [0.05, 0.1) is 6.42 Å². The second kappa shape index (κ2) is 9.80. The minimum absolute atomic E-state index is 0.0643. The molecular weight excluding hydrogens is 408 g/mol. The summed E-state index contributed by atoms with van der Waals surface area (Å²) in [6, 6.07) is 25.2. The van der Waals surface area contributed by atoms with E-state index in [1.807, 2.05) is 59.5 Å². The highest BCUT2D eigenvalue weighted by atomic mass is 35.5. The molecule has 1 aliphatic rings. The van der Waals surface area contributed by atoms with E-state index >= 15 is 0 Å². The number of nitrogens with zero attached hydrogens (tertiary/aromatic N) is 1. The Balaban J connectivity index is 1.27. The van der Waals surface area contributed by atoms with Crippen molar-refractivity contribution in [1.82, 2.24) is 10.2 Å². The van der Waals surface area contributed by atoms with Crippen LogP contribution in [0.3, 0.4) is 0 Å². The van der Waals surface area contributed by atoms with E-state index in [1.54, 1.807) is 12.1 Å². The third-order valence-corrected chi connectivity index (χ3v) is 5.96. The van der Waals surface area contributed by atoms with E-state index < -0.39 is 0 Å². The molecule has 0 spiro atoms. The molecule has 3 aromatic carbocycles. The SMILES string of the molecule is O=C(NC1CCN(C(=O)Cc2ccc(Cl)cc2)CC1)c1ccc(-c2ccccc2)cc1. The molecule has 1 N–H and O–H groups in total. The zero-order valence-electron chi connectivity index (χ0n) is 17.3. The maximum Gasteiger partial charge on any atom is 0.251 e. The Labute approximate surface area is 187 Å². The molecule has 0 bridgehead atoms. The predicted molar refractivity (Wildman–Crippen MR) is 124 cm³/mol. The number of carbonyl (C=O) groups excluding carboxylic acids is 2. The zero-order chi connectivity index (χ0) is 21.6. The third-order valence-electron chi connectivity index (χ3n) is 5.71. The number of nitrogens with one attached hydrogen (secondary N) is 1. The molecule has 1 fully saturated rings. The third kappa shape index (κ3) is 5.53. The maximum atomic E-state index is 12.6. The molecule has 2 amide bonds. The summed E-state index contributed by atoms with van der Waals surface area (Å²) in [4.78, 5) is 27.1. The summed E-state index contributed by atoms with van der Waals surface area (Å²) in [5, 5.41) is 3.79. The fraction of sp³-hybridized carbons (Fsp3) is 0.231. The molecule has 0 aromatic heterocycles. The molecule has 0 radical (unpaired) electrons. The van der Waals surface area contributed by atoms with Gasteiger partial charge < -0.3 is 10.2 Å². The van der Waals surface area contributed by atoms with Gasteiger partial charge in [0.2, 0.25) is 5.91 Å². The lowest BCUT2D eigenvalue weighted by atomic mass is 10.0. The van der Waals surface area contributed by atoms with Crippen LogP contribution in [0.1, 0.15) is 28.8 Å². The summed E-state index contributed by atoms with van der Waals surface area (Å²) in [6.07, 6.45) is 1.91. The van der Waals surface area contributed by atoms with Gasteiger partial charge in [-0.05, 0) is 53.8 Å². The van der Waals surface area contributed by atoms with Gasteiger partial charge in [-0.25, -0.2) is 0 Å². The Bertz CT molecular complexity index is 1030. The van der Waals surface area contributed by atoms with Crippen LogP contribution in [-0.4, -0.2) is 35.8 Å². The summed E-state index contributed by atoms with van der Waals surface area (Å²) in [6.45, 7) is 1.31. The van der Waals surface area contributed by atoms with Gasteiger partial charge >= 0.3 is 0 Å². The van der Waals surface area contributed by atoms with Crippen LogP contribution in [-0.2, 0) is 11.2 Å². The number of benzene rings is 3. The first-order chi connectivity index (χ1) is 15.1. The number of carbonyl (C=O) groups is 2. The van der Waals surface area contributed by atoms with E-state index in [1.165, 1.54) is 0 Å². The van der Waals surface area contributed by atoms with Crippen molar-refractivity contribution in [3.05, 3.63) is 95.0 Å². The minimum Gasteiger partial charge on any atom is -0.349 e. The largest absolute Gasteiger partial charge is 0.349 e. The Morgan fingerprint density at radius 3 is 2.10 bits per heavy atom. The van der Waals surface area contributed by atoms with E-state index in [2.05, 4.69) is 17.4 Å². The average molecular weight is 433 g/mol. The van der Waals surface area contributed by atoms with Crippen LogP contribution in [0, 0.1) is 0 Å². The van der Waals surface area contributed by atoms with Crippen LogP contribution in [0.2, 0.25) is 5.02 Å². The first-order valence-corrected chi connectivity index (χ1v) is 10.9. The quantitative estimate of drug-likeness (QED) is 0.618. The van der Waals surface area contributed by atoms with Gasteiger partial charge in [0.15, 0.2) is 0 Å². The molecule has 1 heterocycles. The van der Waals surface area contributed by atoms with Crippen LogP contribution in [0.4, 0.5) is 0 Å². The molecular formula is C26H25ClN2O2. The number of rotatable bonds is 5. The zero-order valence-corrected chi connectivity index (χ0v) is 18.0. The number of likely N-dealkylation sites (tertiary alicyclic amines) is 1. The second-order valence-electron chi connectivity index (χ2n) is 7.88. The monoisotopic (exact) mass is 432 g/mol. The summed E-state index contributed by atoms with van der Waals surface area (Å²) in [7, 11) is 0. The molecule has 4 nitrogen and oxygen atoms in total. The van der Waals surface area contributed by atoms with Crippen molar-refractivity contribution in [2.24, 2.45) is 0 Å². The molecule has 158 valence electrons. The molecule has 4 rings (SSSR count). The van der Waals surface area contributed by atoms with Crippen molar-refractivity contribution >= 4 is 23.4 Å². The molecule has 5 heteroatoms. The summed E-state index contributed by atoms with van der Waals surface area (Å²) in [5.74, 6) is 0.0501. The first kappa shape index (κ1) is 21.1. The van der Waals surface area contributed by atoms with Crippen LogP contribution in [0.15, 0.2) is 78.9 Å². The molecule has 3 aromatic rings. The van der Waals surface area contributed by atoms with Gasteiger partial charge in [-0.3, -0.25) is 9.59 Å². The topological polar surface area (TPSA) is 49.4 Å². The van der Waals surface area contributed by atoms with Gasteiger partial charge in [0, 0.05) is 29.7 Å². The van der Waals surface area contributed by atoms with Crippen molar-refractivity contribution in [2.45, 2.75) is 25.3 Å². The van der Waals surface area contributed by atoms with Crippen molar-refractivity contribution < 1.29 is 9.59 Å². The van der Waals surface area contributed by atoms with E-state index in [0.29, 0.717) is 30.1 Å². The minimum atomic E-state index is -0.0643. The van der Waals surface area contributed by atoms with Gasteiger partial charge in [-0.2, -0.15) is 0 Å². The number of hydrogen-bond donors (Lipinski definition) is 1. The summed E-state index contributed by atoms with van der Waals surface area (Å²) < 4.78 is 0. The fourth-order valence-corrected chi connectivity index (χ4v) is 4.00. The van der Waals surface area contributed by atoms with E-state index in [9.17, 15) is 9.59 Å². The van der Waals surface area contributed by atoms with Gasteiger partial charge in [0.25, 0.3) is 5.91 Å². The molecule has 0 atom stereocenters. The first-order valence-electron chi connectivity index (χ1n) is 10.6. The van der Waals surface area contributed by atoms with E-state index in [4.69, 9.17) is 11.6 Å². The lowest BCUT2D eigenvalue weighted by Crippen LogP contribution is -2.46. The van der Waals surface area contributed by atoms with Crippen LogP contribution < -0.4 is 5.32 Å². The molecule has 1 saturated heterocycles. The highest BCUT2D eigenvalue weighted by Gasteiger charge is 2.24. The van der Waals surface area contributed by atoms with Crippen molar-refractivity contribution in [1.29, 1.82) is 0 Å². The van der Waals surface area contributed by atoms with Gasteiger partial charge in [-0.1, -0.05) is 66.2 Å². The fourth-order valence-electron chi connectivity index (χ4n) is 3.88. The number of halogens is 1. The van der Waals surface area contributed by atoms with Crippen molar-refractivity contribution in [2.75, 3.05) is 13.1 Å². The molecule has 31 heavy (non-hydrogen) atoms. The molecule has 1 aliphatic heterocycles. The maximum absolute atomic E-state index is 12.6. The highest BCUT2D eigenvalue weighted by molar-refractivity contribution is 6.30. The van der Waals surface area contributed by atoms with Gasteiger partial charge in [-0.15, -0.1) is 0 Å². The molecule has 0 aliphatic carbocycles. The lowest BCUT2D eigenvalue weighted by Gasteiger charge is -2.32. The Morgan fingerprint density at radius 1 is 0.839 bits per heavy atom. The van der Waals surface area contributed by atoms with Gasteiger partial charge in [0.1, 0.15) is 0 Å². The predicted octanol–water partition coefficient (Wildman–Crippen LogP) is 4.97. The van der Waals surface area contributed by atoms with Crippen LogP contribution >= 0.6 is 11.6 Å². The number of piperidine rings is 1. The highest BCUT2D eigenvalue weighted by Crippen LogP contribution is 2.20. The smallest absolute Gasteiger partial charge is 0.251 e. The normalized spacial score (nSPS) is 14.3. The van der Waals surface area contributed by atoms with Crippen LogP contribution in [0.25, 0.3) is 11.1 Å². The lowest BCUT2D eigenvalue weighted by molar-refractivity contribution is -0.131. The molecule has 0 saturated carbocycles. The van der Waals surface area contributed by atoms with Crippen molar-refractivity contribution in [3.8, 4) is 11.1 Å². The Kier molecular flexibility index (Phi) is 6.68. The molecule has 0 unspecified atom stereocenters. The van der Waals surface area contributed by atoms with Crippen LogP contribution in [0.5, 0.6) is 0 Å². The summed E-state index contributed by atoms with van der Waals surface area (Å²) >= 11 is 5.90. The van der Waals surface area contributed by atoms with Crippen molar-refractivity contribution in [3.63, 3.8) is 0 Å². The van der Waals surface area contributed by atoms with E-state index in [0.717, 1.165) is 29.5 Å².